The molecule has 128 valence electrons. The van der Waals surface area contributed by atoms with Crippen LogP contribution in [0.15, 0.2) is 77.4 Å². The Kier molecular flexibility index (Phi) is 3.33. The molecule has 0 N–H and O–H groups in total. The molecule has 0 radical (unpaired) electrons. The van der Waals surface area contributed by atoms with Gasteiger partial charge in [-0.3, -0.25) is 0 Å². The number of aromatic nitrogens is 1. The van der Waals surface area contributed by atoms with Crippen LogP contribution in [0.25, 0.3) is 22.7 Å². The molecule has 26 heavy (non-hydrogen) atoms. The smallest absolute Gasteiger partial charge is 0.0528 e. The first-order valence-electron chi connectivity index (χ1n) is 9.40. The van der Waals surface area contributed by atoms with Crippen LogP contribution in [-0.4, -0.2) is 4.57 Å². The minimum absolute atomic E-state index is 0.342. The van der Waals surface area contributed by atoms with E-state index in [9.17, 15) is 0 Å². The molecule has 1 unspecified atom stereocenters. The van der Waals surface area contributed by atoms with Gasteiger partial charge in [0.2, 0.25) is 0 Å². The first kappa shape index (κ1) is 15.5. The van der Waals surface area contributed by atoms with Gasteiger partial charge in [0.05, 0.1) is 5.52 Å². The van der Waals surface area contributed by atoms with E-state index >= 15 is 0 Å². The Balaban J connectivity index is 1.77. The lowest BCUT2D eigenvalue weighted by atomic mass is 9.87. The van der Waals surface area contributed by atoms with Crippen LogP contribution in [0.3, 0.4) is 0 Å². The average Bonchev–Trinajstić information content (AvgIpc) is 3.28. The molecule has 2 aromatic carbocycles. The largest absolute Gasteiger partial charge is 0.317 e. The van der Waals surface area contributed by atoms with E-state index in [1.807, 2.05) is 0 Å². The first-order valence-corrected chi connectivity index (χ1v) is 9.40. The molecule has 1 nitrogen and oxygen atoms in total. The zero-order chi connectivity index (χ0) is 17.8. The van der Waals surface area contributed by atoms with Crippen molar-refractivity contribution >= 4 is 22.7 Å². The summed E-state index contributed by atoms with van der Waals surface area (Å²) in [5.74, 6) is 0.342. The maximum Gasteiger partial charge on any atom is 0.0528 e. The molecule has 1 heterocycles. The number of rotatable bonds is 2. The van der Waals surface area contributed by atoms with Gasteiger partial charge in [0.15, 0.2) is 0 Å². The van der Waals surface area contributed by atoms with Crippen molar-refractivity contribution in [2.24, 2.45) is 0 Å². The zero-order valence-electron chi connectivity index (χ0n) is 15.6. The maximum absolute atomic E-state index is 2.47. The summed E-state index contributed by atoms with van der Waals surface area (Å²) in [7, 11) is 0. The molecule has 0 saturated heterocycles. The maximum atomic E-state index is 2.47. The van der Waals surface area contributed by atoms with Crippen molar-refractivity contribution < 1.29 is 0 Å². The summed E-state index contributed by atoms with van der Waals surface area (Å²) in [6, 6.07) is 19.9. The second-order valence-corrected chi connectivity index (χ2v) is 7.55. The van der Waals surface area contributed by atoms with E-state index in [4.69, 9.17) is 0 Å². The van der Waals surface area contributed by atoms with Crippen molar-refractivity contribution in [1.29, 1.82) is 0 Å². The monoisotopic (exact) mass is 337 g/mol. The highest BCUT2D eigenvalue weighted by Gasteiger charge is 2.32. The predicted molar refractivity (Wildman–Crippen MR) is 111 cm³/mol. The van der Waals surface area contributed by atoms with Crippen LogP contribution in [0.5, 0.6) is 0 Å². The molecule has 1 aromatic heterocycles. The summed E-state index contributed by atoms with van der Waals surface area (Å²) in [5, 5.41) is 1.31. The lowest BCUT2D eigenvalue weighted by molar-refractivity contribution is 0.903. The number of allylic oxidation sites excluding steroid dienone is 5. The van der Waals surface area contributed by atoms with Crippen molar-refractivity contribution in [3.05, 3.63) is 94.2 Å². The van der Waals surface area contributed by atoms with Crippen LogP contribution in [0, 0.1) is 6.92 Å². The van der Waals surface area contributed by atoms with Crippen molar-refractivity contribution in [2.45, 2.75) is 33.1 Å². The lowest BCUT2D eigenvalue weighted by Gasteiger charge is -2.23. The molecule has 0 saturated carbocycles. The third kappa shape index (κ3) is 2.10. The third-order valence-corrected chi connectivity index (χ3v) is 6.11. The molecular formula is C25H23N. The Morgan fingerprint density at radius 1 is 0.923 bits per heavy atom. The van der Waals surface area contributed by atoms with Crippen LogP contribution in [-0.2, 0) is 0 Å². The predicted octanol–water partition coefficient (Wildman–Crippen LogP) is 6.71. The minimum Gasteiger partial charge on any atom is -0.317 e. The number of aryl methyl sites for hydroxylation is 1. The van der Waals surface area contributed by atoms with E-state index in [2.05, 4.69) is 92.1 Å². The fourth-order valence-corrected chi connectivity index (χ4v) is 4.66. The van der Waals surface area contributed by atoms with Crippen LogP contribution in [0.4, 0.5) is 0 Å². The van der Waals surface area contributed by atoms with Crippen LogP contribution < -0.4 is 0 Å². The summed E-state index contributed by atoms with van der Waals surface area (Å²) in [6.07, 6.45) is 5.84. The van der Waals surface area contributed by atoms with Gasteiger partial charge in [-0.25, -0.2) is 0 Å². The van der Waals surface area contributed by atoms with Crippen LogP contribution in [0.1, 0.15) is 43.0 Å². The molecule has 0 spiro atoms. The van der Waals surface area contributed by atoms with Gasteiger partial charge < -0.3 is 4.57 Å². The standard InChI is InChI=1S/C25H23N/c1-16-12-13-21(18(16)3)25-22-10-6-4-8-19(22)15-24(25)26-17(2)14-20-9-5-7-11-23(20)26/h4-12,14-15,25H,13H2,1-3H3. The quantitative estimate of drug-likeness (QED) is 0.489. The highest BCUT2D eigenvalue weighted by atomic mass is 15.0. The van der Waals surface area contributed by atoms with E-state index in [1.54, 1.807) is 5.57 Å². The molecular weight excluding hydrogens is 314 g/mol. The van der Waals surface area contributed by atoms with Crippen molar-refractivity contribution in [2.75, 3.05) is 0 Å². The van der Waals surface area contributed by atoms with Gasteiger partial charge >= 0.3 is 0 Å². The van der Waals surface area contributed by atoms with Gasteiger partial charge in [0.25, 0.3) is 0 Å². The van der Waals surface area contributed by atoms with Crippen LogP contribution in [0.2, 0.25) is 0 Å². The molecule has 2 aliphatic rings. The Hall–Kier alpha value is -2.80. The summed E-state index contributed by atoms with van der Waals surface area (Å²) in [5.41, 5.74) is 11.2. The minimum atomic E-state index is 0.342. The summed E-state index contributed by atoms with van der Waals surface area (Å²) >= 11 is 0. The molecule has 1 heteroatoms. The van der Waals surface area contributed by atoms with Crippen molar-refractivity contribution in [3.63, 3.8) is 0 Å². The van der Waals surface area contributed by atoms with Gasteiger partial charge in [0, 0.05) is 22.7 Å². The highest BCUT2D eigenvalue weighted by Crippen LogP contribution is 2.49. The zero-order valence-corrected chi connectivity index (χ0v) is 15.6. The van der Waals surface area contributed by atoms with Gasteiger partial charge in [-0.05, 0) is 67.7 Å². The molecule has 2 aliphatic carbocycles. The first-order chi connectivity index (χ1) is 12.6. The van der Waals surface area contributed by atoms with E-state index in [0.29, 0.717) is 5.92 Å². The summed E-state index contributed by atoms with van der Waals surface area (Å²) < 4.78 is 2.47. The molecule has 0 fully saturated rings. The second-order valence-electron chi connectivity index (χ2n) is 7.55. The summed E-state index contributed by atoms with van der Waals surface area (Å²) in [6.45, 7) is 6.75. The fourth-order valence-electron chi connectivity index (χ4n) is 4.66. The van der Waals surface area contributed by atoms with E-state index in [1.165, 1.54) is 44.6 Å². The normalized spacial score (nSPS) is 19.1. The SMILES string of the molecule is CC1=CCC(C2C(n3c(C)cc4ccccc43)=Cc3ccccc32)=C1C. The number of para-hydroxylation sites is 1. The van der Waals surface area contributed by atoms with E-state index < -0.39 is 0 Å². The molecule has 1 atom stereocenters. The number of nitrogens with zero attached hydrogens (tertiary/aromatic N) is 1. The molecule has 0 aliphatic heterocycles. The Morgan fingerprint density at radius 3 is 2.50 bits per heavy atom. The van der Waals surface area contributed by atoms with Gasteiger partial charge in [-0.2, -0.15) is 0 Å². The second kappa shape index (κ2) is 5.60. The molecule has 0 bridgehead atoms. The van der Waals surface area contributed by atoms with Crippen molar-refractivity contribution in [1.82, 2.24) is 4.57 Å². The van der Waals surface area contributed by atoms with Gasteiger partial charge in [-0.15, -0.1) is 0 Å². The Labute approximate surface area is 155 Å². The third-order valence-electron chi connectivity index (χ3n) is 6.11. The van der Waals surface area contributed by atoms with Crippen LogP contribution >= 0.6 is 0 Å². The van der Waals surface area contributed by atoms with E-state index in [-0.39, 0.29) is 0 Å². The summed E-state index contributed by atoms with van der Waals surface area (Å²) in [4.78, 5) is 0. The number of fused-ring (bicyclic) bond motifs is 2. The molecule has 5 rings (SSSR count). The number of benzene rings is 2. The number of hydrogen-bond donors (Lipinski definition) is 0. The van der Waals surface area contributed by atoms with Gasteiger partial charge in [0.1, 0.15) is 0 Å². The lowest BCUT2D eigenvalue weighted by Crippen LogP contribution is -2.09. The highest BCUT2D eigenvalue weighted by molar-refractivity contribution is 5.93. The topological polar surface area (TPSA) is 4.93 Å². The Morgan fingerprint density at radius 2 is 1.69 bits per heavy atom. The van der Waals surface area contributed by atoms with Gasteiger partial charge in [-0.1, -0.05) is 54.1 Å². The molecule has 3 aromatic rings. The van der Waals surface area contributed by atoms with E-state index in [0.717, 1.165) is 6.42 Å². The number of hydrogen-bond acceptors (Lipinski definition) is 0. The average molecular weight is 337 g/mol. The van der Waals surface area contributed by atoms with Crippen molar-refractivity contribution in [3.8, 4) is 0 Å². The Bertz CT molecular complexity index is 1130. The fraction of sp³-hybridized carbons (Fsp3) is 0.200. The molecule has 0 amide bonds.